The van der Waals surface area contributed by atoms with Crippen LogP contribution in [0.3, 0.4) is 0 Å². The van der Waals surface area contributed by atoms with Gasteiger partial charge in [-0.15, -0.1) is 12.4 Å². The number of nitrogens with one attached hydrogen (secondary N) is 2. The molecule has 2 aromatic rings. The zero-order valence-electron chi connectivity index (χ0n) is 16.6. The molecule has 1 aromatic heterocycles. The fraction of sp³-hybridized carbons (Fsp3) is 0.429. The Kier molecular flexibility index (Phi) is 9.14. The van der Waals surface area contributed by atoms with E-state index in [1.165, 1.54) is 30.9 Å². The fourth-order valence-electron chi connectivity index (χ4n) is 3.68. The minimum Gasteiger partial charge on any atom is -0.347 e. The maximum atomic E-state index is 13.0. The first-order chi connectivity index (χ1) is 14.1. The van der Waals surface area contributed by atoms with Crippen molar-refractivity contribution in [1.29, 1.82) is 0 Å². The summed E-state index contributed by atoms with van der Waals surface area (Å²) >= 11 is 0. The van der Waals surface area contributed by atoms with Crippen LogP contribution in [0.15, 0.2) is 36.7 Å². The summed E-state index contributed by atoms with van der Waals surface area (Å²) in [6.45, 7) is 0.521. The van der Waals surface area contributed by atoms with Gasteiger partial charge in [0.15, 0.2) is 11.4 Å². The van der Waals surface area contributed by atoms with E-state index in [-0.39, 0.29) is 42.2 Å². The van der Waals surface area contributed by atoms with E-state index in [2.05, 4.69) is 20.6 Å². The summed E-state index contributed by atoms with van der Waals surface area (Å²) in [5, 5.41) is 5.63. The number of hydrogen-bond donors (Lipinski definition) is 3. The lowest BCUT2D eigenvalue weighted by Crippen LogP contribution is -2.46. The van der Waals surface area contributed by atoms with E-state index in [4.69, 9.17) is 5.73 Å². The van der Waals surface area contributed by atoms with Crippen molar-refractivity contribution >= 4 is 24.2 Å². The number of carbonyl (C=O) groups excluding carboxylic acids is 2. The Morgan fingerprint density at radius 3 is 2.23 bits per heavy atom. The molecule has 30 heavy (non-hydrogen) atoms. The van der Waals surface area contributed by atoms with E-state index in [0.29, 0.717) is 12.5 Å². The van der Waals surface area contributed by atoms with Crippen LogP contribution in [-0.4, -0.2) is 34.4 Å². The summed E-state index contributed by atoms with van der Waals surface area (Å²) in [7, 11) is 0. The number of aromatic nitrogens is 2. The quantitative estimate of drug-likeness (QED) is 0.619. The fourth-order valence-corrected chi connectivity index (χ4v) is 3.68. The molecular formula is C21H27ClFN5O2. The van der Waals surface area contributed by atoms with Crippen molar-refractivity contribution in [3.05, 3.63) is 59.4 Å². The van der Waals surface area contributed by atoms with E-state index in [1.54, 1.807) is 12.1 Å². The van der Waals surface area contributed by atoms with Crippen LogP contribution in [0.25, 0.3) is 0 Å². The molecular weight excluding hydrogens is 409 g/mol. The molecule has 162 valence electrons. The van der Waals surface area contributed by atoms with Gasteiger partial charge in [0.2, 0.25) is 0 Å². The Morgan fingerprint density at radius 1 is 1.03 bits per heavy atom. The van der Waals surface area contributed by atoms with Gasteiger partial charge in [0.25, 0.3) is 11.8 Å². The van der Waals surface area contributed by atoms with Gasteiger partial charge in [-0.25, -0.2) is 14.4 Å². The maximum absolute atomic E-state index is 13.0. The van der Waals surface area contributed by atoms with Gasteiger partial charge in [-0.1, -0.05) is 31.4 Å². The van der Waals surface area contributed by atoms with Crippen molar-refractivity contribution in [3.8, 4) is 0 Å². The molecule has 1 unspecified atom stereocenters. The van der Waals surface area contributed by atoms with Gasteiger partial charge >= 0.3 is 0 Å². The molecule has 0 bridgehead atoms. The predicted octanol–water partition coefficient (Wildman–Crippen LogP) is 2.60. The summed E-state index contributed by atoms with van der Waals surface area (Å²) in [5.41, 5.74) is 6.55. The average Bonchev–Trinajstić information content (AvgIpc) is 2.77. The Balaban J connectivity index is 0.00000320. The lowest BCUT2D eigenvalue weighted by atomic mass is 9.84. The molecule has 1 aliphatic rings. The molecule has 1 heterocycles. The molecule has 1 fully saturated rings. The molecule has 0 saturated heterocycles. The zero-order valence-corrected chi connectivity index (χ0v) is 17.5. The molecule has 9 heteroatoms. The lowest BCUT2D eigenvalue weighted by Gasteiger charge is -2.30. The summed E-state index contributed by atoms with van der Waals surface area (Å²) in [4.78, 5) is 33.5. The van der Waals surface area contributed by atoms with E-state index >= 15 is 0 Å². The van der Waals surface area contributed by atoms with Gasteiger partial charge in [-0.2, -0.15) is 0 Å². The van der Waals surface area contributed by atoms with Gasteiger partial charge in [-0.3, -0.25) is 9.59 Å². The normalized spacial score (nSPS) is 15.0. The Labute approximate surface area is 181 Å². The largest absolute Gasteiger partial charge is 0.347 e. The highest BCUT2D eigenvalue weighted by atomic mass is 35.5. The molecule has 0 radical (unpaired) electrons. The van der Waals surface area contributed by atoms with Gasteiger partial charge in [-0.05, 0) is 36.5 Å². The average molecular weight is 436 g/mol. The van der Waals surface area contributed by atoms with Crippen LogP contribution >= 0.6 is 12.4 Å². The number of halogens is 2. The Morgan fingerprint density at radius 2 is 1.63 bits per heavy atom. The first-order valence-corrected chi connectivity index (χ1v) is 9.93. The molecule has 3 rings (SSSR count). The minimum absolute atomic E-state index is 0. The monoisotopic (exact) mass is 435 g/mol. The van der Waals surface area contributed by atoms with Crippen molar-refractivity contribution in [3.63, 3.8) is 0 Å². The van der Waals surface area contributed by atoms with Gasteiger partial charge in [0, 0.05) is 31.5 Å². The van der Waals surface area contributed by atoms with Crippen molar-refractivity contribution in [1.82, 2.24) is 20.6 Å². The second kappa shape index (κ2) is 11.6. The van der Waals surface area contributed by atoms with Gasteiger partial charge < -0.3 is 16.4 Å². The number of amides is 2. The molecule has 1 saturated carbocycles. The molecule has 2 amide bonds. The summed E-state index contributed by atoms with van der Waals surface area (Å²) < 4.78 is 13.0. The van der Waals surface area contributed by atoms with Gasteiger partial charge in [0.1, 0.15) is 5.82 Å². The molecule has 0 aliphatic heterocycles. The number of hydrogen-bond acceptors (Lipinski definition) is 5. The highest BCUT2D eigenvalue weighted by molar-refractivity contribution is 6.04. The van der Waals surface area contributed by atoms with E-state index in [0.717, 1.165) is 31.2 Å². The van der Waals surface area contributed by atoms with Crippen molar-refractivity contribution in [2.24, 2.45) is 11.7 Å². The van der Waals surface area contributed by atoms with Crippen LogP contribution in [0.5, 0.6) is 0 Å². The molecule has 1 atom stereocenters. The second-order valence-electron chi connectivity index (χ2n) is 7.28. The number of benzene rings is 1. The number of carbonyl (C=O) groups is 2. The van der Waals surface area contributed by atoms with E-state index in [9.17, 15) is 14.0 Å². The zero-order chi connectivity index (χ0) is 20.6. The standard InChI is InChI=1S/C21H26FN5O2.ClH/c22-16-8-6-14(7-9-16)13-26-20(28)18-19(25-11-10-24-18)21(29)27-17(12-23)15-4-2-1-3-5-15;/h6-11,15,17H,1-5,12-13,23H2,(H,26,28)(H,27,29);1H. The Bertz CT molecular complexity index is 844. The second-order valence-corrected chi connectivity index (χ2v) is 7.28. The third kappa shape index (κ3) is 6.21. The van der Waals surface area contributed by atoms with Crippen LogP contribution in [0.1, 0.15) is 58.6 Å². The molecule has 1 aromatic carbocycles. The van der Waals surface area contributed by atoms with Crippen LogP contribution in [0, 0.1) is 11.7 Å². The number of rotatable bonds is 7. The highest BCUT2D eigenvalue weighted by Gasteiger charge is 2.27. The summed E-state index contributed by atoms with van der Waals surface area (Å²) in [5.74, 6) is -0.980. The number of nitrogens with zero attached hydrogens (tertiary/aromatic N) is 2. The van der Waals surface area contributed by atoms with Crippen molar-refractivity contribution < 1.29 is 14.0 Å². The van der Waals surface area contributed by atoms with Crippen molar-refractivity contribution in [2.75, 3.05) is 6.54 Å². The molecule has 7 nitrogen and oxygen atoms in total. The lowest BCUT2D eigenvalue weighted by molar-refractivity contribution is 0.0886. The topological polar surface area (TPSA) is 110 Å². The number of nitrogens with two attached hydrogens (primary N) is 1. The Hall–Kier alpha value is -2.58. The third-order valence-electron chi connectivity index (χ3n) is 5.28. The van der Waals surface area contributed by atoms with Crippen LogP contribution in [0.4, 0.5) is 4.39 Å². The van der Waals surface area contributed by atoms with Gasteiger partial charge in [0.05, 0.1) is 0 Å². The van der Waals surface area contributed by atoms with Crippen LogP contribution in [0.2, 0.25) is 0 Å². The van der Waals surface area contributed by atoms with E-state index in [1.807, 2.05) is 0 Å². The first-order valence-electron chi connectivity index (χ1n) is 9.93. The summed E-state index contributed by atoms with van der Waals surface area (Å²) in [6, 6.07) is 5.65. The maximum Gasteiger partial charge on any atom is 0.272 e. The summed E-state index contributed by atoms with van der Waals surface area (Å²) in [6.07, 6.45) is 8.30. The van der Waals surface area contributed by atoms with Crippen LogP contribution in [-0.2, 0) is 6.54 Å². The minimum atomic E-state index is -0.519. The molecule has 0 spiro atoms. The van der Waals surface area contributed by atoms with Crippen LogP contribution < -0.4 is 16.4 Å². The molecule has 4 N–H and O–H groups in total. The van der Waals surface area contributed by atoms with E-state index < -0.39 is 11.8 Å². The highest BCUT2D eigenvalue weighted by Crippen LogP contribution is 2.26. The third-order valence-corrected chi connectivity index (χ3v) is 5.28. The first kappa shape index (κ1) is 23.7. The van der Waals surface area contributed by atoms with Crippen molar-refractivity contribution in [2.45, 2.75) is 44.7 Å². The smallest absolute Gasteiger partial charge is 0.272 e. The predicted molar refractivity (Wildman–Crippen MR) is 114 cm³/mol. The SMILES string of the molecule is Cl.NCC(NC(=O)c1nccnc1C(=O)NCc1ccc(F)cc1)C1CCCCC1. The molecule has 1 aliphatic carbocycles.